The summed E-state index contributed by atoms with van der Waals surface area (Å²) in [6.07, 6.45) is 9.66. The molecule has 4 fully saturated rings. The summed E-state index contributed by atoms with van der Waals surface area (Å²) in [4.78, 5) is 48.6. The van der Waals surface area contributed by atoms with Gasteiger partial charge in [0.05, 0.1) is 30.1 Å². The molecule has 222 valence electrons. The molecule has 8 heteroatoms. The second-order valence-electron chi connectivity index (χ2n) is 12.6. The fourth-order valence-corrected chi connectivity index (χ4v) is 8.08. The van der Waals surface area contributed by atoms with Crippen molar-refractivity contribution in [2.75, 3.05) is 19.7 Å². The lowest BCUT2D eigenvalue weighted by atomic mass is 9.66. The molecule has 3 aliphatic heterocycles. The number of fused-ring (bicyclic) bond motifs is 1. The molecule has 0 aromatic heterocycles. The number of aliphatic hydroxyl groups excluding tert-OH is 1. The Balaban J connectivity index is 1.53. The number of hydrogen-bond acceptors (Lipinski definition) is 5. The van der Waals surface area contributed by atoms with E-state index in [0.717, 1.165) is 37.7 Å². The van der Waals surface area contributed by atoms with Gasteiger partial charge in [0.25, 0.3) is 0 Å². The Kier molecular flexibility index (Phi) is 8.44. The number of carbonyl (C=O) groups is 3. The van der Waals surface area contributed by atoms with Gasteiger partial charge in [-0.3, -0.25) is 14.4 Å². The number of aliphatic hydroxyl groups is 1. The second kappa shape index (κ2) is 11.7. The number of amides is 3. The fraction of sp³-hybridized carbons (Fsp3) is 0.606. The lowest BCUT2D eigenvalue weighted by Gasteiger charge is -2.42. The van der Waals surface area contributed by atoms with Gasteiger partial charge in [-0.15, -0.1) is 13.2 Å². The van der Waals surface area contributed by atoms with Gasteiger partial charge in [0, 0.05) is 25.7 Å². The third-order valence-electron chi connectivity index (χ3n) is 9.96. The molecule has 2 bridgehead atoms. The van der Waals surface area contributed by atoms with Crippen LogP contribution < -0.4 is 0 Å². The predicted molar refractivity (Wildman–Crippen MR) is 156 cm³/mol. The standard InChI is InChI=1S/C33H45N3O5/c1-5-19-34(21-24-13-9-7-10-14-24)29(38)26-27-30(39)36(23(3)22-37)28(33(27)18-17-32(26,4)41-33)31(40)35(20-6-2)25-15-11-8-12-16-25/h5-7,9-10,13-14,23,25-28,37H,1-2,8,11-12,15-22H2,3-4H3/t23-,26-,27+,28?,32+,33?/m1/s1. The van der Waals surface area contributed by atoms with Gasteiger partial charge < -0.3 is 24.5 Å². The summed E-state index contributed by atoms with van der Waals surface area (Å²) in [6.45, 7) is 12.3. The molecular weight excluding hydrogens is 518 g/mol. The molecule has 3 amide bonds. The zero-order valence-corrected chi connectivity index (χ0v) is 24.5. The van der Waals surface area contributed by atoms with Gasteiger partial charge in [-0.25, -0.2) is 0 Å². The van der Waals surface area contributed by atoms with Crippen LogP contribution in [0.15, 0.2) is 55.6 Å². The maximum atomic E-state index is 14.6. The van der Waals surface area contributed by atoms with Gasteiger partial charge in [0.1, 0.15) is 11.6 Å². The summed E-state index contributed by atoms with van der Waals surface area (Å²) in [7, 11) is 0. The molecule has 8 nitrogen and oxygen atoms in total. The minimum Gasteiger partial charge on any atom is -0.394 e. The zero-order valence-electron chi connectivity index (χ0n) is 24.5. The van der Waals surface area contributed by atoms with Gasteiger partial charge in [0.2, 0.25) is 17.7 Å². The SMILES string of the molecule is C=CCN(Cc1ccccc1)C(=O)[C@H]1[C@H]2C(=O)N([C@H](C)CO)C(C(=O)N(CC=C)C3CCCCC3)C23CC[C@]1(C)O3. The molecule has 1 spiro atoms. The van der Waals surface area contributed by atoms with Crippen molar-refractivity contribution in [1.82, 2.24) is 14.7 Å². The highest BCUT2D eigenvalue weighted by atomic mass is 16.5. The van der Waals surface area contributed by atoms with Crippen molar-refractivity contribution in [2.24, 2.45) is 11.8 Å². The number of ether oxygens (including phenoxy) is 1. The molecule has 3 saturated heterocycles. The van der Waals surface area contributed by atoms with Crippen LogP contribution >= 0.6 is 0 Å². The monoisotopic (exact) mass is 563 g/mol. The number of nitrogens with zero attached hydrogens (tertiary/aromatic N) is 3. The molecule has 6 atom stereocenters. The number of rotatable bonds is 11. The highest BCUT2D eigenvalue weighted by Crippen LogP contribution is 2.64. The molecule has 3 heterocycles. The molecule has 4 aliphatic rings. The van der Waals surface area contributed by atoms with Crippen molar-refractivity contribution in [3.8, 4) is 0 Å². The molecule has 0 radical (unpaired) electrons. The Morgan fingerprint density at radius 1 is 1.10 bits per heavy atom. The molecule has 1 aromatic carbocycles. The van der Waals surface area contributed by atoms with Gasteiger partial charge in [-0.1, -0.05) is 61.7 Å². The third-order valence-corrected chi connectivity index (χ3v) is 9.96. The van der Waals surface area contributed by atoms with Crippen molar-refractivity contribution >= 4 is 17.7 Å². The first-order valence-corrected chi connectivity index (χ1v) is 15.2. The van der Waals surface area contributed by atoms with E-state index in [2.05, 4.69) is 13.2 Å². The minimum atomic E-state index is -1.12. The Hall–Kier alpha value is -2.97. The van der Waals surface area contributed by atoms with Crippen LogP contribution in [0.25, 0.3) is 0 Å². The van der Waals surface area contributed by atoms with E-state index in [-0.39, 0.29) is 30.4 Å². The van der Waals surface area contributed by atoms with E-state index in [9.17, 15) is 19.5 Å². The molecule has 1 aromatic rings. The van der Waals surface area contributed by atoms with Crippen LogP contribution in [0.3, 0.4) is 0 Å². The fourth-order valence-electron chi connectivity index (χ4n) is 8.08. The minimum absolute atomic E-state index is 0.0756. The summed E-state index contributed by atoms with van der Waals surface area (Å²) < 4.78 is 6.84. The molecule has 41 heavy (non-hydrogen) atoms. The van der Waals surface area contributed by atoms with Crippen molar-refractivity contribution in [1.29, 1.82) is 0 Å². The Labute approximate surface area is 244 Å². The van der Waals surface area contributed by atoms with Crippen LogP contribution in [0.1, 0.15) is 64.4 Å². The van der Waals surface area contributed by atoms with Gasteiger partial charge >= 0.3 is 0 Å². The van der Waals surface area contributed by atoms with Crippen LogP contribution in [0.4, 0.5) is 0 Å². The number of benzene rings is 1. The molecular formula is C33H45N3O5. The summed E-state index contributed by atoms with van der Waals surface area (Å²) in [6, 6.07) is 8.36. The highest BCUT2D eigenvalue weighted by Gasteiger charge is 2.78. The van der Waals surface area contributed by atoms with Crippen molar-refractivity contribution in [3.05, 3.63) is 61.2 Å². The van der Waals surface area contributed by atoms with Crippen LogP contribution in [0.2, 0.25) is 0 Å². The summed E-state index contributed by atoms with van der Waals surface area (Å²) >= 11 is 0. The first-order chi connectivity index (χ1) is 19.7. The topological polar surface area (TPSA) is 90.4 Å². The molecule has 5 rings (SSSR count). The first-order valence-electron chi connectivity index (χ1n) is 15.2. The van der Waals surface area contributed by atoms with E-state index in [0.29, 0.717) is 32.5 Å². The largest absolute Gasteiger partial charge is 0.394 e. The predicted octanol–water partition coefficient (Wildman–Crippen LogP) is 3.69. The van der Waals surface area contributed by atoms with E-state index in [1.54, 1.807) is 28.9 Å². The molecule has 1 N–H and O–H groups in total. The average molecular weight is 564 g/mol. The van der Waals surface area contributed by atoms with E-state index < -0.39 is 35.1 Å². The van der Waals surface area contributed by atoms with Gasteiger partial charge in [-0.2, -0.15) is 0 Å². The van der Waals surface area contributed by atoms with Crippen LogP contribution in [-0.4, -0.2) is 86.6 Å². The highest BCUT2D eigenvalue weighted by molar-refractivity contribution is 5.99. The Bertz CT molecular complexity index is 1170. The first kappa shape index (κ1) is 29.5. The number of hydrogen-bond donors (Lipinski definition) is 1. The van der Waals surface area contributed by atoms with E-state index in [4.69, 9.17) is 4.74 Å². The Morgan fingerprint density at radius 3 is 2.41 bits per heavy atom. The summed E-state index contributed by atoms with van der Waals surface area (Å²) in [5.74, 6) is -2.11. The Morgan fingerprint density at radius 2 is 1.78 bits per heavy atom. The quantitative estimate of drug-likeness (QED) is 0.415. The molecule has 2 unspecified atom stereocenters. The van der Waals surface area contributed by atoms with E-state index in [1.165, 1.54) is 0 Å². The van der Waals surface area contributed by atoms with Gasteiger partial charge in [-0.05, 0) is 45.1 Å². The van der Waals surface area contributed by atoms with Crippen molar-refractivity contribution < 1.29 is 24.2 Å². The summed E-state index contributed by atoms with van der Waals surface area (Å²) in [5, 5.41) is 10.2. The van der Waals surface area contributed by atoms with Gasteiger partial charge in [0.15, 0.2) is 0 Å². The second-order valence-corrected chi connectivity index (χ2v) is 12.6. The normalized spacial score (nSPS) is 31.5. The number of carbonyl (C=O) groups excluding carboxylic acids is 3. The van der Waals surface area contributed by atoms with Crippen molar-refractivity contribution in [3.63, 3.8) is 0 Å². The van der Waals surface area contributed by atoms with E-state index >= 15 is 0 Å². The number of likely N-dealkylation sites (tertiary alicyclic amines) is 1. The maximum absolute atomic E-state index is 14.6. The third kappa shape index (κ3) is 4.93. The lowest BCUT2D eigenvalue weighted by Crippen LogP contribution is -2.60. The smallest absolute Gasteiger partial charge is 0.248 e. The van der Waals surface area contributed by atoms with Crippen LogP contribution in [0, 0.1) is 11.8 Å². The van der Waals surface area contributed by atoms with Crippen LogP contribution in [0.5, 0.6) is 0 Å². The molecule has 1 saturated carbocycles. The maximum Gasteiger partial charge on any atom is 0.248 e. The molecule has 1 aliphatic carbocycles. The van der Waals surface area contributed by atoms with Crippen molar-refractivity contribution in [2.45, 2.75) is 94.7 Å². The lowest BCUT2D eigenvalue weighted by molar-refractivity contribution is -0.157. The average Bonchev–Trinajstić information content (AvgIpc) is 3.56. The van der Waals surface area contributed by atoms with E-state index in [1.807, 2.05) is 42.2 Å². The summed E-state index contributed by atoms with van der Waals surface area (Å²) in [5.41, 5.74) is -0.997. The zero-order chi connectivity index (χ0) is 29.4. The van der Waals surface area contributed by atoms with Crippen LogP contribution in [-0.2, 0) is 25.7 Å².